The number of amides is 3. The largest absolute Gasteiger partial charge is 0.504 e. The molecule has 2 aliphatic rings. The highest BCUT2D eigenvalue weighted by atomic mass is 32.2. The van der Waals surface area contributed by atoms with Crippen molar-refractivity contribution < 1.29 is 24.2 Å². The van der Waals surface area contributed by atoms with Crippen LogP contribution in [0.5, 0.6) is 11.5 Å². The van der Waals surface area contributed by atoms with E-state index in [2.05, 4.69) is 10.4 Å². The number of anilines is 1. The summed E-state index contributed by atoms with van der Waals surface area (Å²) in [7, 11) is 1.44. The van der Waals surface area contributed by atoms with Gasteiger partial charge in [0.05, 0.1) is 18.6 Å². The Labute approximate surface area is 252 Å². The quantitative estimate of drug-likeness (QED) is 0.288. The molecule has 2 heterocycles. The number of ether oxygens (including phenoxy) is 1. The topological polar surface area (TPSA) is 112 Å². The van der Waals surface area contributed by atoms with Gasteiger partial charge in [-0.15, -0.1) is 11.8 Å². The third-order valence-electron chi connectivity index (χ3n) is 6.96. The maximum atomic E-state index is 13.6. The number of amidine groups is 1. The van der Waals surface area contributed by atoms with E-state index >= 15 is 0 Å². The van der Waals surface area contributed by atoms with Gasteiger partial charge in [0.1, 0.15) is 16.9 Å². The first-order valence-corrected chi connectivity index (χ1v) is 14.4. The molecule has 0 aromatic heterocycles. The van der Waals surface area contributed by atoms with E-state index in [-0.39, 0.29) is 29.1 Å². The zero-order valence-corrected chi connectivity index (χ0v) is 23.8. The molecule has 2 aliphatic heterocycles. The highest BCUT2D eigenvalue weighted by molar-refractivity contribution is 8.00. The van der Waals surface area contributed by atoms with Crippen LogP contribution in [0.15, 0.2) is 114 Å². The first-order chi connectivity index (χ1) is 20.9. The van der Waals surface area contributed by atoms with Gasteiger partial charge in [0, 0.05) is 11.1 Å². The molecule has 0 saturated carbocycles. The molecule has 4 aromatic rings. The van der Waals surface area contributed by atoms with Crippen molar-refractivity contribution in [1.29, 1.82) is 0 Å². The summed E-state index contributed by atoms with van der Waals surface area (Å²) < 4.78 is 5.20. The van der Waals surface area contributed by atoms with Crippen molar-refractivity contribution in [2.45, 2.75) is 5.37 Å². The Kier molecular flexibility index (Phi) is 7.67. The number of aliphatic imine (C=N–C) groups is 1. The van der Waals surface area contributed by atoms with Crippen LogP contribution >= 0.6 is 11.8 Å². The lowest BCUT2D eigenvalue weighted by Crippen LogP contribution is -2.44. The summed E-state index contributed by atoms with van der Waals surface area (Å²) >= 11 is 1.35. The maximum Gasteiger partial charge on any atom is 0.282 e. The van der Waals surface area contributed by atoms with E-state index in [0.717, 1.165) is 11.1 Å². The van der Waals surface area contributed by atoms with Crippen LogP contribution in [0.2, 0.25) is 0 Å². The molecule has 0 radical (unpaired) electrons. The second-order valence-corrected chi connectivity index (χ2v) is 10.8. The molecule has 9 nitrogen and oxygen atoms in total. The number of carbonyl (C=O) groups excluding carboxylic acids is 3. The number of nitrogens with one attached hydrogen (secondary N) is 1. The third kappa shape index (κ3) is 5.60. The van der Waals surface area contributed by atoms with Crippen molar-refractivity contribution in [1.82, 2.24) is 10.4 Å². The molecule has 1 atom stereocenters. The van der Waals surface area contributed by atoms with Gasteiger partial charge < -0.3 is 9.84 Å². The lowest BCUT2D eigenvalue weighted by Gasteiger charge is -2.25. The van der Waals surface area contributed by atoms with Crippen molar-refractivity contribution in [3.8, 4) is 11.5 Å². The first kappa shape index (κ1) is 27.8. The van der Waals surface area contributed by atoms with E-state index in [1.54, 1.807) is 42.5 Å². The van der Waals surface area contributed by atoms with Crippen LogP contribution < -0.4 is 15.1 Å². The first-order valence-electron chi connectivity index (χ1n) is 13.4. The van der Waals surface area contributed by atoms with E-state index in [0.29, 0.717) is 28.3 Å². The summed E-state index contributed by atoms with van der Waals surface area (Å²) in [6, 6.07) is 30.3. The summed E-state index contributed by atoms with van der Waals surface area (Å²) in [6.45, 7) is 0. The van der Waals surface area contributed by atoms with Crippen LogP contribution in [0, 0.1) is 0 Å². The highest BCUT2D eigenvalue weighted by Gasteiger charge is 2.36. The van der Waals surface area contributed by atoms with Crippen LogP contribution in [0.4, 0.5) is 5.69 Å². The number of phenols is 1. The van der Waals surface area contributed by atoms with Gasteiger partial charge in [0.25, 0.3) is 17.7 Å². The predicted octanol–water partition coefficient (Wildman–Crippen LogP) is 5.15. The number of rotatable bonds is 7. The lowest BCUT2D eigenvalue weighted by atomic mass is 10.1. The minimum Gasteiger partial charge on any atom is -0.504 e. The molecule has 43 heavy (non-hydrogen) atoms. The summed E-state index contributed by atoms with van der Waals surface area (Å²) in [4.78, 5) is 45.8. The normalized spacial score (nSPS) is 17.4. The Bertz CT molecular complexity index is 1760. The Morgan fingerprint density at radius 3 is 2.37 bits per heavy atom. The number of nitrogens with zero attached hydrogens (tertiary/aromatic N) is 3. The molecule has 0 aliphatic carbocycles. The molecular formula is C33H26N4O5S. The zero-order chi connectivity index (χ0) is 29.9. The molecule has 1 unspecified atom stereocenters. The molecule has 6 rings (SSSR count). The Morgan fingerprint density at radius 2 is 1.67 bits per heavy atom. The Hall–Kier alpha value is -5.35. The monoisotopic (exact) mass is 590 g/mol. The van der Waals surface area contributed by atoms with Gasteiger partial charge in [-0.1, -0.05) is 66.7 Å². The van der Waals surface area contributed by atoms with Crippen LogP contribution in [-0.2, 0) is 9.59 Å². The fourth-order valence-corrected chi connectivity index (χ4v) is 5.92. The van der Waals surface area contributed by atoms with Crippen LogP contribution in [0.3, 0.4) is 0 Å². The fourth-order valence-electron chi connectivity index (χ4n) is 4.82. The number of benzene rings is 4. The Morgan fingerprint density at radius 1 is 0.977 bits per heavy atom. The maximum absolute atomic E-state index is 13.6. The summed E-state index contributed by atoms with van der Waals surface area (Å²) in [5.41, 5.74) is 6.19. The lowest BCUT2D eigenvalue weighted by molar-refractivity contribution is -0.130. The van der Waals surface area contributed by atoms with Gasteiger partial charge in [0.2, 0.25) is 0 Å². The van der Waals surface area contributed by atoms with E-state index in [4.69, 9.17) is 4.74 Å². The zero-order valence-electron chi connectivity index (χ0n) is 23.0. The van der Waals surface area contributed by atoms with Crippen LogP contribution in [0.1, 0.15) is 32.4 Å². The summed E-state index contributed by atoms with van der Waals surface area (Å²) in [5.74, 6) is -0.0935. The van der Waals surface area contributed by atoms with Crippen molar-refractivity contribution in [3.63, 3.8) is 0 Å². The molecule has 1 saturated heterocycles. The average Bonchev–Trinajstić information content (AvgIpc) is 3.57. The number of hydrogen-bond donors (Lipinski definition) is 2. The number of hydrogen-bond acceptors (Lipinski definition) is 7. The van der Waals surface area contributed by atoms with Gasteiger partial charge in [0.15, 0.2) is 11.5 Å². The van der Waals surface area contributed by atoms with Gasteiger partial charge in [-0.05, 0) is 53.6 Å². The third-order valence-corrected chi connectivity index (χ3v) is 8.17. The summed E-state index contributed by atoms with van der Waals surface area (Å²) in [6.07, 6.45) is 1.75. The highest BCUT2D eigenvalue weighted by Crippen LogP contribution is 2.40. The summed E-state index contributed by atoms with van der Waals surface area (Å²) in [5, 5.41) is 10.7. The number of hydrazine groups is 1. The molecule has 0 bridgehead atoms. The van der Waals surface area contributed by atoms with Gasteiger partial charge >= 0.3 is 0 Å². The van der Waals surface area contributed by atoms with E-state index in [1.165, 1.54) is 34.8 Å². The molecule has 10 heteroatoms. The van der Waals surface area contributed by atoms with E-state index < -0.39 is 11.3 Å². The average molecular weight is 591 g/mol. The van der Waals surface area contributed by atoms with Crippen molar-refractivity contribution in [2.24, 2.45) is 4.99 Å². The van der Waals surface area contributed by atoms with Crippen LogP contribution in [0.25, 0.3) is 6.08 Å². The molecular weight excluding hydrogens is 564 g/mol. The number of methoxy groups -OCH3 is 1. The standard InChI is InChI=1S/C33H26N4O5S/c1-42-28-19-24(14-17-27(28)38)33-37(29(39)20-43-33)35-31(40)23-12-15-25(16-13-23)36-30(22-10-6-3-7-11-22)34-26(32(36)41)18-21-8-4-2-5-9-21/h2-19,33,38H,20H2,1H3,(H,35,40)/b26-18-. The molecule has 1 fully saturated rings. The molecule has 2 N–H and O–H groups in total. The van der Waals surface area contributed by atoms with Gasteiger partial charge in [-0.3, -0.25) is 24.7 Å². The minimum absolute atomic E-state index is 0.0177. The molecule has 0 spiro atoms. The SMILES string of the molecule is COc1cc(C2SCC(=O)N2NC(=O)c2ccc(N3C(=O)/C(=C/c4ccccc4)N=C3c3ccccc3)cc2)ccc1O. The van der Waals surface area contributed by atoms with E-state index in [1.807, 2.05) is 60.7 Å². The number of aromatic hydroxyl groups is 1. The second-order valence-electron chi connectivity index (χ2n) is 9.73. The second kappa shape index (κ2) is 11.9. The van der Waals surface area contributed by atoms with Gasteiger partial charge in [-0.2, -0.15) is 0 Å². The molecule has 3 amide bonds. The van der Waals surface area contributed by atoms with Crippen molar-refractivity contribution in [3.05, 3.63) is 131 Å². The minimum atomic E-state index is -0.494. The van der Waals surface area contributed by atoms with E-state index in [9.17, 15) is 19.5 Å². The smallest absolute Gasteiger partial charge is 0.282 e. The Balaban J connectivity index is 1.24. The van der Waals surface area contributed by atoms with Crippen molar-refractivity contribution >= 4 is 47.1 Å². The van der Waals surface area contributed by atoms with Crippen molar-refractivity contribution in [2.75, 3.05) is 17.8 Å². The predicted molar refractivity (Wildman–Crippen MR) is 165 cm³/mol. The molecule has 214 valence electrons. The van der Waals surface area contributed by atoms with Crippen LogP contribution in [-0.4, -0.2) is 46.5 Å². The number of carbonyl (C=O) groups is 3. The van der Waals surface area contributed by atoms with Gasteiger partial charge in [-0.25, -0.2) is 10.0 Å². The number of thioether (sulfide) groups is 1. The molecule has 4 aromatic carbocycles. The fraction of sp³-hybridized carbons (Fsp3) is 0.0909. The number of phenolic OH excluding ortho intramolecular Hbond substituents is 1.